The van der Waals surface area contributed by atoms with Crippen LogP contribution in [0.4, 0.5) is 36.3 Å². The number of rotatable bonds is 6. The van der Waals surface area contributed by atoms with Gasteiger partial charge in [-0.25, -0.2) is 13.6 Å². The molecule has 3 aromatic rings. The average Bonchev–Trinajstić information content (AvgIpc) is 3.07. The van der Waals surface area contributed by atoms with E-state index in [1.165, 1.54) is 53.8 Å². The van der Waals surface area contributed by atoms with Crippen molar-refractivity contribution in [3.05, 3.63) is 78.4 Å². The number of amides is 3. The van der Waals surface area contributed by atoms with E-state index in [2.05, 4.69) is 5.32 Å². The van der Waals surface area contributed by atoms with Crippen LogP contribution in [-0.2, 0) is 9.59 Å². The zero-order chi connectivity index (χ0) is 31.4. The quantitative estimate of drug-likeness (QED) is 0.331. The fourth-order valence-corrected chi connectivity index (χ4v) is 8.33. The number of nitrogens with zero attached hydrogens (tertiary/aromatic N) is 3. The van der Waals surface area contributed by atoms with Gasteiger partial charge in [-0.2, -0.15) is 0 Å². The SMILES string of the molecule is CN(C)c1cccc(OC(=O)NC2C(=O)N(CC3C4CC5CC(C4)CC3C5)c3ccc(F)cc3N(c3ccc(F)cc3)C2=O)c1. The molecule has 4 bridgehead atoms. The maximum Gasteiger partial charge on any atom is 0.413 e. The number of ether oxygens (including phenoxy) is 1. The molecule has 3 amide bonds. The summed E-state index contributed by atoms with van der Waals surface area (Å²) >= 11 is 0. The summed E-state index contributed by atoms with van der Waals surface area (Å²) in [4.78, 5) is 46.7. The molecule has 0 aromatic heterocycles. The standard InChI is InChI=1S/C35H36F2N4O4/c1-39(2)27-4-3-5-28(18-27)45-35(44)38-32-33(42)40(19-29-22-13-20-12-21(15-22)16-23(29)14-20)30-11-8-25(37)17-31(30)41(34(32)43)26-9-6-24(36)7-10-26/h3-11,17-18,20-23,29,32H,12-16,19H2,1-2H3,(H,38,44). The second-order valence-corrected chi connectivity index (χ2v) is 13.2. The molecule has 8 nitrogen and oxygen atoms in total. The average molecular weight is 615 g/mol. The van der Waals surface area contributed by atoms with Gasteiger partial charge >= 0.3 is 6.09 Å². The molecule has 234 valence electrons. The fraction of sp³-hybridized carbons (Fsp3) is 0.400. The van der Waals surface area contributed by atoms with E-state index in [1.54, 1.807) is 23.1 Å². The zero-order valence-corrected chi connectivity index (χ0v) is 25.3. The van der Waals surface area contributed by atoms with Gasteiger partial charge in [-0.1, -0.05) is 6.07 Å². The molecule has 1 heterocycles. The van der Waals surface area contributed by atoms with E-state index in [0.717, 1.165) is 43.2 Å². The van der Waals surface area contributed by atoms with Crippen molar-refractivity contribution >= 4 is 40.7 Å². The predicted octanol–water partition coefficient (Wildman–Crippen LogP) is 6.27. The van der Waals surface area contributed by atoms with Crippen LogP contribution < -0.4 is 24.8 Å². The van der Waals surface area contributed by atoms with Crippen LogP contribution in [0.5, 0.6) is 5.75 Å². The van der Waals surface area contributed by atoms with Crippen molar-refractivity contribution in [3.8, 4) is 5.75 Å². The van der Waals surface area contributed by atoms with E-state index in [0.29, 0.717) is 24.1 Å². The molecule has 4 fully saturated rings. The topological polar surface area (TPSA) is 82.2 Å². The Morgan fingerprint density at radius 3 is 2.18 bits per heavy atom. The van der Waals surface area contributed by atoms with E-state index in [-0.39, 0.29) is 23.0 Å². The first-order valence-electron chi connectivity index (χ1n) is 15.6. The Labute approximate surface area is 260 Å². The highest BCUT2D eigenvalue weighted by molar-refractivity contribution is 6.23. The molecule has 45 heavy (non-hydrogen) atoms. The molecule has 0 radical (unpaired) electrons. The molecule has 0 saturated heterocycles. The summed E-state index contributed by atoms with van der Waals surface area (Å²) in [6.45, 7) is 0.356. The third-order valence-electron chi connectivity index (χ3n) is 10.2. The van der Waals surface area contributed by atoms with Crippen LogP contribution in [0, 0.1) is 41.2 Å². The first-order chi connectivity index (χ1) is 21.6. The van der Waals surface area contributed by atoms with Crippen molar-refractivity contribution in [2.24, 2.45) is 29.6 Å². The summed E-state index contributed by atoms with van der Waals surface area (Å²) in [5.74, 6) is 0.352. The number of anilines is 4. The van der Waals surface area contributed by atoms with Gasteiger partial charge in [-0.05, 0) is 110 Å². The van der Waals surface area contributed by atoms with Gasteiger partial charge in [0.15, 0.2) is 6.04 Å². The largest absolute Gasteiger partial charge is 0.413 e. The molecule has 1 aliphatic heterocycles. The minimum absolute atomic E-state index is 0.153. The van der Waals surface area contributed by atoms with Crippen LogP contribution in [0.15, 0.2) is 66.7 Å². The Morgan fingerprint density at radius 1 is 0.844 bits per heavy atom. The van der Waals surface area contributed by atoms with Gasteiger partial charge in [0.2, 0.25) is 0 Å². The van der Waals surface area contributed by atoms with Crippen LogP contribution in [0.3, 0.4) is 0 Å². The lowest BCUT2D eigenvalue weighted by Crippen LogP contribution is -2.57. The van der Waals surface area contributed by atoms with Gasteiger partial charge in [-0.3, -0.25) is 14.5 Å². The van der Waals surface area contributed by atoms with Crippen LogP contribution in [0.25, 0.3) is 0 Å². The lowest BCUT2D eigenvalue weighted by Gasteiger charge is -2.55. The molecule has 1 unspecified atom stereocenters. The van der Waals surface area contributed by atoms with Gasteiger partial charge < -0.3 is 19.9 Å². The zero-order valence-electron chi connectivity index (χ0n) is 25.3. The van der Waals surface area contributed by atoms with Gasteiger partial charge in [0.25, 0.3) is 11.8 Å². The number of carbonyl (C=O) groups is 3. The van der Waals surface area contributed by atoms with Crippen molar-refractivity contribution in [1.82, 2.24) is 5.32 Å². The van der Waals surface area contributed by atoms with Crippen LogP contribution in [-0.4, -0.2) is 44.6 Å². The van der Waals surface area contributed by atoms with Crippen LogP contribution in [0.2, 0.25) is 0 Å². The third kappa shape index (κ3) is 5.51. The van der Waals surface area contributed by atoms with E-state index < -0.39 is 35.6 Å². The maximum absolute atomic E-state index is 14.9. The summed E-state index contributed by atoms with van der Waals surface area (Å²) in [7, 11) is 3.70. The number of nitrogens with one attached hydrogen (secondary N) is 1. The van der Waals surface area contributed by atoms with Crippen molar-refractivity contribution in [2.75, 3.05) is 35.3 Å². The lowest BCUT2D eigenvalue weighted by atomic mass is 9.52. The fourth-order valence-electron chi connectivity index (χ4n) is 8.33. The van der Waals surface area contributed by atoms with E-state index in [9.17, 15) is 23.2 Å². The van der Waals surface area contributed by atoms with Crippen molar-refractivity contribution < 1.29 is 27.9 Å². The summed E-state index contributed by atoms with van der Waals surface area (Å²) in [6, 6.07) is 14.3. The minimum atomic E-state index is -1.67. The number of carbonyl (C=O) groups excluding carboxylic acids is 3. The molecule has 8 rings (SSSR count). The van der Waals surface area contributed by atoms with Crippen molar-refractivity contribution in [1.29, 1.82) is 0 Å². The molecule has 1 N–H and O–H groups in total. The Kier molecular flexibility index (Phi) is 7.46. The van der Waals surface area contributed by atoms with Gasteiger partial charge in [-0.15, -0.1) is 0 Å². The molecule has 4 aliphatic carbocycles. The Morgan fingerprint density at radius 2 is 1.51 bits per heavy atom. The number of hydrogen-bond acceptors (Lipinski definition) is 5. The van der Waals surface area contributed by atoms with Gasteiger partial charge in [0, 0.05) is 44.1 Å². The monoisotopic (exact) mass is 614 g/mol. The smallest absolute Gasteiger partial charge is 0.410 e. The molecular weight excluding hydrogens is 578 g/mol. The van der Waals surface area contributed by atoms with Crippen molar-refractivity contribution in [3.63, 3.8) is 0 Å². The van der Waals surface area contributed by atoms with E-state index in [4.69, 9.17) is 4.74 Å². The summed E-state index contributed by atoms with van der Waals surface area (Å²) < 4.78 is 34.4. The Hall–Kier alpha value is -4.47. The summed E-state index contributed by atoms with van der Waals surface area (Å²) in [5.41, 5.74) is 1.55. The van der Waals surface area contributed by atoms with Crippen molar-refractivity contribution in [2.45, 2.75) is 38.1 Å². The van der Waals surface area contributed by atoms with E-state index in [1.807, 2.05) is 25.1 Å². The first kappa shape index (κ1) is 29.3. The highest BCUT2D eigenvalue weighted by Crippen LogP contribution is 2.57. The van der Waals surface area contributed by atoms with Gasteiger partial charge in [0.1, 0.15) is 17.4 Å². The molecule has 1 atom stereocenters. The molecule has 0 spiro atoms. The summed E-state index contributed by atoms with van der Waals surface area (Å²) in [5, 5.41) is 2.52. The van der Waals surface area contributed by atoms with Crippen LogP contribution >= 0.6 is 0 Å². The highest BCUT2D eigenvalue weighted by Gasteiger charge is 2.50. The molecule has 5 aliphatic rings. The third-order valence-corrected chi connectivity index (χ3v) is 10.2. The normalized spacial score (nSPS) is 26.8. The number of fused-ring (bicyclic) bond motifs is 1. The Balaban J connectivity index is 1.26. The van der Waals surface area contributed by atoms with Gasteiger partial charge in [0.05, 0.1) is 11.4 Å². The summed E-state index contributed by atoms with van der Waals surface area (Å²) in [6.07, 6.45) is 4.85. The lowest BCUT2D eigenvalue weighted by molar-refractivity contribution is -0.129. The minimum Gasteiger partial charge on any atom is -0.410 e. The molecule has 4 saturated carbocycles. The highest BCUT2D eigenvalue weighted by atomic mass is 19.1. The first-order valence-corrected chi connectivity index (χ1v) is 15.6. The molecule has 3 aromatic carbocycles. The maximum atomic E-state index is 14.9. The second-order valence-electron chi connectivity index (χ2n) is 13.2. The Bertz CT molecular complexity index is 1620. The molecule has 10 heteroatoms. The number of hydrogen-bond donors (Lipinski definition) is 1. The molecular formula is C35H36F2N4O4. The predicted molar refractivity (Wildman–Crippen MR) is 167 cm³/mol. The second kappa shape index (κ2) is 11.5. The number of halogens is 2. The number of benzene rings is 3. The van der Waals surface area contributed by atoms with E-state index >= 15 is 0 Å². The van der Waals surface area contributed by atoms with Crippen LogP contribution in [0.1, 0.15) is 32.1 Å².